The van der Waals surface area contributed by atoms with Crippen molar-refractivity contribution in [2.24, 2.45) is 0 Å². The van der Waals surface area contributed by atoms with Gasteiger partial charge in [-0.3, -0.25) is 9.69 Å². The van der Waals surface area contributed by atoms with Gasteiger partial charge in [-0.25, -0.2) is 0 Å². The molecule has 3 rings (SSSR count). The number of carbonyl (C=O) groups excluding carboxylic acids is 1. The van der Waals surface area contributed by atoms with Crippen molar-refractivity contribution >= 4 is 32.6 Å². The Hall–Kier alpha value is -1.59. The summed E-state index contributed by atoms with van der Waals surface area (Å²) in [6, 6.07) is 9.62. The smallest absolute Gasteiger partial charge is 0.239 e. The standard InChI is InChI=1S/C18H21BrN2O2/c1-20(2)18(23)16-4-3-9-21(16)11-15-14-7-6-13(19)10-12(14)5-8-17(15)22/h5-8,10,16,22H,3-4,9,11H2,1-2H3/t16-/m1/s1. The molecule has 4 nitrogen and oxygen atoms in total. The molecule has 0 bridgehead atoms. The molecule has 0 radical (unpaired) electrons. The maximum absolute atomic E-state index is 12.4. The highest BCUT2D eigenvalue weighted by atomic mass is 79.9. The maximum atomic E-state index is 12.4. The third-order valence-electron chi connectivity index (χ3n) is 4.52. The highest BCUT2D eigenvalue weighted by molar-refractivity contribution is 9.10. The lowest BCUT2D eigenvalue weighted by Gasteiger charge is -2.26. The van der Waals surface area contributed by atoms with Gasteiger partial charge in [0.15, 0.2) is 0 Å². The van der Waals surface area contributed by atoms with Crippen molar-refractivity contribution in [2.45, 2.75) is 25.4 Å². The lowest BCUT2D eigenvalue weighted by atomic mass is 10.0. The molecule has 0 aliphatic carbocycles. The van der Waals surface area contributed by atoms with Crippen molar-refractivity contribution in [3.05, 3.63) is 40.4 Å². The van der Waals surface area contributed by atoms with Crippen molar-refractivity contribution in [1.29, 1.82) is 0 Å². The number of likely N-dealkylation sites (tertiary alicyclic amines) is 1. The van der Waals surface area contributed by atoms with E-state index < -0.39 is 0 Å². The van der Waals surface area contributed by atoms with Crippen molar-refractivity contribution in [3.8, 4) is 5.75 Å². The van der Waals surface area contributed by atoms with E-state index in [0.29, 0.717) is 12.3 Å². The number of aromatic hydroxyl groups is 1. The van der Waals surface area contributed by atoms with Crippen LogP contribution in [0.1, 0.15) is 18.4 Å². The summed E-state index contributed by atoms with van der Waals surface area (Å²) in [7, 11) is 3.59. The molecule has 1 aliphatic rings. The van der Waals surface area contributed by atoms with E-state index in [0.717, 1.165) is 40.2 Å². The topological polar surface area (TPSA) is 43.8 Å². The van der Waals surface area contributed by atoms with Crippen molar-refractivity contribution in [1.82, 2.24) is 9.80 Å². The zero-order valence-corrected chi connectivity index (χ0v) is 15.0. The maximum Gasteiger partial charge on any atom is 0.239 e. The van der Waals surface area contributed by atoms with Gasteiger partial charge in [-0.1, -0.05) is 28.1 Å². The van der Waals surface area contributed by atoms with Crippen LogP contribution in [0.4, 0.5) is 0 Å². The molecule has 1 saturated heterocycles. The molecule has 23 heavy (non-hydrogen) atoms. The van der Waals surface area contributed by atoms with Crippen molar-refractivity contribution < 1.29 is 9.90 Å². The van der Waals surface area contributed by atoms with E-state index in [1.165, 1.54) is 0 Å². The van der Waals surface area contributed by atoms with E-state index in [2.05, 4.69) is 20.8 Å². The van der Waals surface area contributed by atoms with Crippen LogP contribution in [0.2, 0.25) is 0 Å². The van der Waals surface area contributed by atoms with Crippen LogP contribution in [-0.4, -0.2) is 47.5 Å². The minimum Gasteiger partial charge on any atom is -0.508 e. The van der Waals surface area contributed by atoms with Crippen LogP contribution < -0.4 is 0 Å². The number of fused-ring (bicyclic) bond motifs is 1. The summed E-state index contributed by atoms with van der Waals surface area (Å²) in [6.07, 6.45) is 1.90. The Morgan fingerprint density at radius 1 is 1.35 bits per heavy atom. The van der Waals surface area contributed by atoms with Gasteiger partial charge in [0.2, 0.25) is 5.91 Å². The lowest BCUT2D eigenvalue weighted by molar-refractivity contribution is -0.133. The Morgan fingerprint density at radius 2 is 2.13 bits per heavy atom. The SMILES string of the molecule is CN(C)C(=O)[C@H]1CCCN1Cc1c(O)ccc2cc(Br)ccc12. The largest absolute Gasteiger partial charge is 0.508 e. The average molecular weight is 377 g/mol. The van der Waals surface area contributed by atoms with Crippen LogP contribution in [0, 0.1) is 0 Å². The monoisotopic (exact) mass is 376 g/mol. The van der Waals surface area contributed by atoms with Crippen LogP contribution >= 0.6 is 15.9 Å². The summed E-state index contributed by atoms with van der Waals surface area (Å²) in [5.74, 6) is 0.438. The molecule has 1 aliphatic heterocycles. The fourth-order valence-electron chi connectivity index (χ4n) is 3.32. The Morgan fingerprint density at radius 3 is 2.87 bits per heavy atom. The first-order valence-electron chi connectivity index (χ1n) is 7.82. The quantitative estimate of drug-likeness (QED) is 0.892. The average Bonchev–Trinajstić information content (AvgIpc) is 2.97. The number of nitrogens with zero attached hydrogens (tertiary/aromatic N) is 2. The minimum atomic E-state index is -0.0879. The Balaban J connectivity index is 1.94. The van der Waals surface area contributed by atoms with Crippen molar-refractivity contribution in [2.75, 3.05) is 20.6 Å². The molecular weight excluding hydrogens is 356 g/mol. The summed E-state index contributed by atoms with van der Waals surface area (Å²) in [4.78, 5) is 16.2. The molecule has 5 heteroatoms. The molecular formula is C18H21BrN2O2. The Labute approximate surface area is 144 Å². The van der Waals surface area contributed by atoms with Crippen molar-refractivity contribution in [3.63, 3.8) is 0 Å². The second kappa shape index (κ2) is 6.49. The first kappa shape index (κ1) is 16.3. The fourth-order valence-corrected chi connectivity index (χ4v) is 3.69. The number of carbonyl (C=O) groups is 1. The molecule has 1 fully saturated rings. The first-order valence-corrected chi connectivity index (χ1v) is 8.62. The third-order valence-corrected chi connectivity index (χ3v) is 5.01. The van der Waals surface area contributed by atoms with Crippen LogP contribution in [0.15, 0.2) is 34.8 Å². The van der Waals surface area contributed by atoms with Gasteiger partial charge in [0.25, 0.3) is 0 Å². The molecule has 0 saturated carbocycles. The number of amides is 1. The van der Waals surface area contributed by atoms with Gasteiger partial charge in [0, 0.05) is 30.7 Å². The number of benzene rings is 2. The number of rotatable bonds is 3. The number of hydrogen-bond donors (Lipinski definition) is 1. The van der Waals surface area contributed by atoms with Crippen LogP contribution in [0.5, 0.6) is 5.75 Å². The number of hydrogen-bond acceptors (Lipinski definition) is 3. The number of likely N-dealkylation sites (N-methyl/N-ethyl adjacent to an activating group) is 1. The van der Waals surface area contributed by atoms with E-state index in [-0.39, 0.29) is 11.9 Å². The zero-order chi connectivity index (χ0) is 16.6. The van der Waals surface area contributed by atoms with Crippen LogP contribution in [0.3, 0.4) is 0 Å². The van der Waals surface area contributed by atoms with Gasteiger partial charge < -0.3 is 10.0 Å². The lowest BCUT2D eigenvalue weighted by Crippen LogP contribution is -2.42. The van der Waals surface area contributed by atoms with E-state index in [1.807, 2.05) is 24.3 Å². The zero-order valence-electron chi connectivity index (χ0n) is 13.4. The second-order valence-corrected chi connectivity index (χ2v) is 7.21. The molecule has 1 N–H and O–H groups in total. The van der Waals surface area contributed by atoms with E-state index in [1.54, 1.807) is 25.1 Å². The predicted octanol–water partition coefficient (Wildman–Crippen LogP) is 3.36. The van der Waals surface area contributed by atoms with Gasteiger partial charge in [-0.15, -0.1) is 0 Å². The van der Waals surface area contributed by atoms with Crippen LogP contribution in [0.25, 0.3) is 10.8 Å². The molecule has 0 unspecified atom stereocenters. The molecule has 1 atom stereocenters. The summed E-state index contributed by atoms with van der Waals surface area (Å²) in [5, 5.41) is 12.5. The van der Waals surface area contributed by atoms with E-state index in [4.69, 9.17) is 0 Å². The van der Waals surface area contributed by atoms with Crippen LogP contribution in [-0.2, 0) is 11.3 Å². The summed E-state index contributed by atoms with van der Waals surface area (Å²) < 4.78 is 1.02. The summed E-state index contributed by atoms with van der Waals surface area (Å²) >= 11 is 3.49. The van der Waals surface area contributed by atoms with Gasteiger partial charge >= 0.3 is 0 Å². The predicted molar refractivity (Wildman–Crippen MR) is 95.4 cm³/mol. The normalized spacial score (nSPS) is 18.5. The Kier molecular flexibility index (Phi) is 4.60. The van der Waals surface area contributed by atoms with E-state index in [9.17, 15) is 9.90 Å². The van der Waals surface area contributed by atoms with E-state index >= 15 is 0 Å². The molecule has 1 heterocycles. The molecule has 0 aromatic heterocycles. The highest BCUT2D eigenvalue weighted by Gasteiger charge is 2.32. The van der Waals surface area contributed by atoms with Gasteiger partial charge in [0.05, 0.1) is 6.04 Å². The fraction of sp³-hybridized carbons (Fsp3) is 0.389. The molecule has 122 valence electrons. The van der Waals surface area contributed by atoms with Gasteiger partial charge in [-0.05, 0) is 48.4 Å². The van der Waals surface area contributed by atoms with Gasteiger partial charge in [0.1, 0.15) is 5.75 Å². The number of phenolic OH excluding ortho intramolecular Hbond substituents is 1. The molecule has 1 amide bonds. The van der Waals surface area contributed by atoms with Gasteiger partial charge in [-0.2, -0.15) is 0 Å². The molecule has 0 spiro atoms. The molecule has 2 aromatic carbocycles. The second-order valence-electron chi connectivity index (χ2n) is 6.29. The first-order chi connectivity index (χ1) is 11.0. The highest BCUT2D eigenvalue weighted by Crippen LogP contribution is 2.32. The Bertz CT molecular complexity index is 745. The minimum absolute atomic E-state index is 0.0879. The number of halogens is 1. The number of phenols is 1. The summed E-state index contributed by atoms with van der Waals surface area (Å²) in [5.41, 5.74) is 0.897. The third kappa shape index (κ3) is 3.21. The molecule has 2 aromatic rings. The summed E-state index contributed by atoms with van der Waals surface area (Å²) in [6.45, 7) is 1.48.